The lowest BCUT2D eigenvalue weighted by Crippen LogP contribution is -2.33. The molecule has 118 valence electrons. The standard InChI is InChI=1S/C14H20F2N2O3/c1-9(6-10(2)19)8-17-14(20)18-11-4-3-5-12(7-11)21-13(15)16/h3-5,7,9-10,13,19H,6,8H2,1-2H3,(H2,17,18,20)/t9-,10-/m0/s1. The number of rotatable bonds is 7. The molecule has 0 saturated carbocycles. The van der Waals surface area contributed by atoms with Gasteiger partial charge in [-0.2, -0.15) is 8.78 Å². The number of hydrogen-bond donors (Lipinski definition) is 3. The molecule has 21 heavy (non-hydrogen) atoms. The lowest BCUT2D eigenvalue weighted by Gasteiger charge is -2.15. The molecule has 0 bridgehead atoms. The van der Waals surface area contributed by atoms with Crippen molar-refractivity contribution in [3.05, 3.63) is 24.3 Å². The Bertz CT molecular complexity index is 456. The molecule has 0 heterocycles. The van der Waals surface area contributed by atoms with Crippen molar-refractivity contribution in [3.63, 3.8) is 0 Å². The van der Waals surface area contributed by atoms with Crippen LogP contribution in [0.15, 0.2) is 24.3 Å². The van der Waals surface area contributed by atoms with Crippen molar-refractivity contribution in [3.8, 4) is 5.75 Å². The highest BCUT2D eigenvalue weighted by Gasteiger charge is 2.09. The predicted octanol–water partition coefficient (Wildman–Crippen LogP) is 2.82. The summed E-state index contributed by atoms with van der Waals surface area (Å²) in [4.78, 5) is 11.7. The van der Waals surface area contributed by atoms with Crippen LogP contribution in [0.1, 0.15) is 20.3 Å². The third kappa shape index (κ3) is 7.45. The number of hydrogen-bond acceptors (Lipinski definition) is 3. The zero-order valence-corrected chi connectivity index (χ0v) is 12.0. The van der Waals surface area contributed by atoms with E-state index in [0.717, 1.165) is 0 Å². The number of benzene rings is 1. The molecule has 0 fully saturated rings. The van der Waals surface area contributed by atoms with Crippen LogP contribution >= 0.6 is 0 Å². The summed E-state index contributed by atoms with van der Waals surface area (Å²) in [6.07, 6.45) is 0.158. The first-order valence-electron chi connectivity index (χ1n) is 6.64. The van der Waals surface area contributed by atoms with Gasteiger partial charge in [-0.05, 0) is 31.4 Å². The van der Waals surface area contributed by atoms with Crippen molar-refractivity contribution in [2.24, 2.45) is 5.92 Å². The van der Waals surface area contributed by atoms with E-state index in [1.165, 1.54) is 18.2 Å². The van der Waals surface area contributed by atoms with E-state index < -0.39 is 18.7 Å². The number of urea groups is 1. The van der Waals surface area contributed by atoms with E-state index in [4.69, 9.17) is 0 Å². The van der Waals surface area contributed by atoms with Crippen LogP contribution in [-0.4, -0.2) is 30.4 Å². The number of ether oxygens (including phenoxy) is 1. The summed E-state index contributed by atoms with van der Waals surface area (Å²) in [5.74, 6) is 0.106. The average Bonchev–Trinajstić information content (AvgIpc) is 2.35. The highest BCUT2D eigenvalue weighted by molar-refractivity contribution is 5.89. The van der Waals surface area contributed by atoms with Gasteiger partial charge < -0.3 is 20.5 Å². The second-order valence-electron chi connectivity index (χ2n) is 4.93. The monoisotopic (exact) mass is 302 g/mol. The van der Waals surface area contributed by atoms with E-state index >= 15 is 0 Å². The Hall–Kier alpha value is -1.89. The fourth-order valence-corrected chi connectivity index (χ4v) is 1.86. The van der Waals surface area contributed by atoms with Gasteiger partial charge >= 0.3 is 12.6 Å². The molecule has 0 radical (unpaired) electrons. The van der Waals surface area contributed by atoms with Crippen LogP contribution in [0.2, 0.25) is 0 Å². The number of anilines is 1. The Morgan fingerprint density at radius 3 is 2.71 bits per heavy atom. The van der Waals surface area contributed by atoms with Crippen molar-refractivity contribution < 1.29 is 23.4 Å². The summed E-state index contributed by atoms with van der Waals surface area (Å²) in [7, 11) is 0. The molecule has 0 spiro atoms. The number of carbonyl (C=O) groups is 1. The minimum absolute atomic E-state index is 0.0229. The van der Waals surface area contributed by atoms with Crippen molar-refractivity contribution in [1.29, 1.82) is 0 Å². The van der Waals surface area contributed by atoms with Crippen molar-refractivity contribution in [2.45, 2.75) is 33.0 Å². The molecule has 7 heteroatoms. The minimum Gasteiger partial charge on any atom is -0.435 e. The average molecular weight is 302 g/mol. The number of alkyl halides is 2. The maximum Gasteiger partial charge on any atom is 0.387 e. The molecule has 1 aromatic carbocycles. The maximum atomic E-state index is 12.1. The van der Waals surface area contributed by atoms with Crippen LogP contribution in [0.3, 0.4) is 0 Å². The third-order valence-corrected chi connectivity index (χ3v) is 2.67. The minimum atomic E-state index is -2.91. The quantitative estimate of drug-likeness (QED) is 0.725. The molecule has 3 N–H and O–H groups in total. The predicted molar refractivity (Wildman–Crippen MR) is 75.6 cm³/mol. The Morgan fingerprint density at radius 2 is 2.10 bits per heavy atom. The summed E-state index contributed by atoms with van der Waals surface area (Å²) in [6.45, 7) is 1.09. The molecule has 5 nitrogen and oxygen atoms in total. The molecular formula is C14H20F2N2O3. The van der Waals surface area contributed by atoms with Gasteiger partial charge in [-0.1, -0.05) is 13.0 Å². The van der Waals surface area contributed by atoms with E-state index in [9.17, 15) is 18.7 Å². The van der Waals surface area contributed by atoms with E-state index in [-0.39, 0.29) is 11.7 Å². The summed E-state index contributed by atoms with van der Waals surface area (Å²) >= 11 is 0. The van der Waals surface area contributed by atoms with Crippen LogP contribution in [0.25, 0.3) is 0 Å². The maximum absolute atomic E-state index is 12.1. The van der Waals surface area contributed by atoms with Crippen molar-refractivity contribution >= 4 is 11.7 Å². The molecule has 0 aliphatic heterocycles. The van der Waals surface area contributed by atoms with Gasteiger partial charge in [-0.3, -0.25) is 0 Å². The summed E-state index contributed by atoms with van der Waals surface area (Å²) in [6, 6.07) is 5.31. The molecule has 0 aliphatic rings. The Kier molecular flexibility index (Phi) is 6.87. The Balaban J connectivity index is 2.44. The number of aliphatic hydroxyl groups excluding tert-OH is 1. The first kappa shape index (κ1) is 17.2. The van der Waals surface area contributed by atoms with Gasteiger partial charge in [0, 0.05) is 18.3 Å². The number of halogens is 2. The second kappa shape index (κ2) is 8.41. The summed E-state index contributed by atoms with van der Waals surface area (Å²) < 4.78 is 28.4. The highest BCUT2D eigenvalue weighted by Crippen LogP contribution is 2.19. The van der Waals surface area contributed by atoms with Gasteiger partial charge in [0.15, 0.2) is 0 Å². The van der Waals surface area contributed by atoms with E-state index in [0.29, 0.717) is 18.7 Å². The molecule has 0 saturated heterocycles. The topological polar surface area (TPSA) is 70.6 Å². The van der Waals surface area contributed by atoms with Crippen LogP contribution < -0.4 is 15.4 Å². The van der Waals surface area contributed by atoms with Crippen LogP contribution in [0.5, 0.6) is 5.75 Å². The number of aliphatic hydroxyl groups is 1. The van der Waals surface area contributed by atoms with Crippen LogP contribution in [0, 0.1) is 5.92 Å². The van der Waals surface area contributed by atoms with Crippen LogP contribution in [0.4, 0.5) is 19.3 Å². The number of carbonyl (C=O) groups excluding carboxylic acids is 1. The number of amides is 2. The highest BCUT2D eigenvalue weighted by atomic mass is 19.3. The molecular weight excluding hydrogens is 282 g/mol. The van der Waals surface area contributed by atoms with Crippen molar-refractivity contribution in [1.82, 2.24) is 5.32 Å². The lowest BCUT2D eigenvalue weighted by atomic mass is 10.1. The van der Waals surface area contributed by atoms with Gasteiger partial charge in [0.2, 0.25) is 0 Å². The molecule has 1 aromatic rings. The zero-order chi connectivity index (χ0) is 15.8. The fourth-order valence-electron chi connectivity index (χ4n) is 1.86. The lowest BCUT2D eigenvalue weighted by molar-refractivity contribution is -0.0498. The van der Waals surface area contributed by atoms with Crippen LogP contribution in [-0.2, 0) is 0 Å². The molecule has 0 aliphatic carbocycles. The zero-order valence-electron chi connectivity index (χ0n) is 12.0. The fraction of sp³-hybridized carbons (Fsp3) is 0.500. The SMILES string of the molecule is C[C@H](CNC(=O)Nc1cccc(OC(F)F)c1)C[C@H](C)O. The summed E-state index contributed by atoms with van der Waals surface area (Å²) in [5, 5.41) is 14.4. The molecule has 1 rings (SSSR count). The molecule has 2 amide bonds. The first-order chi connectivity index (χ1) is 9.86. The first-order valence-corrected chi connectivity index (χ1v) is 6.64. The number of nitrogens with one attached hydrogen (secondary N) is 2. The van der Waals surface area contributed by atoms with Gasteiger partial charge in [0.1, 0.15) is 5.75 Å². The van der Waals surface area contributed by atoms with Gasteiger partial charge in [-0.15, -0.1) is 0 Å². The largest absolute Gasteiger partial charge is 0.435 e. The van der Waals surface area contributed by atoms with Crippen molar-refractivity contribution in [2.75, 3.05) is 11.9 Å². The molecule has 0 aromatic heterocycles. The normalized spacial score (nSPS) is 13.6. The van der Waals surface area contributed by atoms with Gasteiger partial charge in [-0.25, -0.2) is 4.79 Å². The van der Waals surface area contributed by atoms with Gasteiger partial charge in [0.25, 0.3) is 0 Å². The van der Waals surface area contributed by atoms with E-state index in [2.05, 4.69) is 15.4 Å². The third-order valence-electron chi connectivity index (χ3n) is 2.67. The molecule has 2 atom stereocenters. The smallest absolute Gasteiger partial charge is 0.387 e. The Labute approximate surface area is 122 Å². The van der Waals surface area contributed by atoms with E-state index in [1.807, 2.05) is 6.92 Å². The Morgan fingerprint density at radius 1 is 1.38 bits per heavy atom. The van der Waals surface area contributed by atoms with Gasteiger partial charge in [0.05, 0.1) is 6.10 Å². The summed E-state index contributed by atoms with van der Waals surface area (Å²) in [5.41, 5.74) is 0.355. The second-order valence-corrected chi connectivity index (χ2v) is 4.93. The molecule has 0 unspecified atom stereocenters. The van der Waals surface area contributed by atoms with E-state index in [1.54, 1.807) is 13.0 Å².